The van der Waals surface area contributed by atoms with E-state index in [0.29, 0.717) is 0 Å². The van der Waals surface area contributed by atoms with E-state index in [4.69, 9.17) is 0 Å². The number of aromatic nitrogens is 1. The van der Waals surface area contributed by atoms with E-state index in [1.165, 1.54) is 0 Å². The monoisotopic (exact) mass is 195 g/mol. The molecule has 0 spiro atoms. The lowest BCUT2D eigenvalue weighted by Crippen LogP contribution is -1.94. The molecule has 1 aliphatic rings. The van der Waals surface area contributed by atoms with E-state index in [2.05, 4.69) is 4.98 Å². The first-order chi connectivity index (χ1) is 7.29. The van der Waals surface area contributed by atoms with Gasteiger partial charge in [0.25, 0.3) is 0 Å². The number of carbonyl (C=O) groups is 1. The molecule has 0 N–H and O–H groups in total. The van der Waals surface area contributed by atoms with Gasteiger partial charge in [0.05, 0.1) is 5.69 Å². The lowest BCUT2D eigenvalue weighted by Gasteiger charge is -2.01. The van der Waals surface area contributed by atoms with Crippen molar-refractivity contribution in [3.8, 4) is 11.3 Å². The molecule has 0 saturated heterocycles. The lowest BCUT2D eigenvalue weighted by atomic mass is 10.0. The van der Waals surface area contributed by atoms with Gasteiger partial charge in [-0.1, -0.05) is 18.2 Å². The van der Waals surface area contributed by atoms with Gasteiger partial charge in [0.2, 0.25) is 0 Å². The molecule has 1 aromatic heterocycles. The van der Waals surface area contributed by atoms with Gasteiger partial charge in [-0.25, -0.2) is 0 Å². The first-order valence-corrected chi connectivity index (χ1v) is 4.89. The molecule has 2 heteroatoms. The van der Waals surface area contributed by atoms with Crippen LogP contribution in [-0.2, 0) is 0 Å². The highest BCUT2D eigenvalue weighted by Crippen LogP contribution is 2.36. The third kappa shape index (κ3) is 0.988. The van der Waals surface area contributed by atoms with E-state index in [1.54, 1.807) is 12.3 Å². The second kappa shape index (κ2) is 2.76. The number of pyridine rings is 1. The summed E-state index contributed by atoms with van der Waals surface area (Å²) in [7, 11) is 0. The van der Waals surface area contributed by atoms with Crippen LogP contribution < -0.4 is 0 Å². The Kier molecular flexibility index (Phi) is 1.54. The Morgan fingerprint density at radius 1 is 1.07 bits per heavy atom. The van der Waals surface area contributed by atoms with E-state index in [-0.39, 0.29) is 5.78 Å². The van der Waals surface area contributed by atoms with Crippen LogP contribution in [0.2, 0.25) is 0 Å². The Hall–Kier alpha value is -1.96. The van der Waals surface area contributed by atoms with Gasteiger partial charge in [-0.3, -0.25) is 9.78 Å². The Bertz CT molecular complexity index is 572. The second-order valence-electron chi connectivity index (χ2n) is 3.73. The predicted molar refractivity (Wildman–Crippen MR) is 57.8 cm³/mol. The van der Waals surface area contributed by atoms with Crippen LogP contribution in [0.1, 0.15) is 21.5 Å². The molecular weight excluding hydrogens is 186 g/mol. The van der Waals surface area contributed by atoms with Crippen molar-refractivity contribution in [1.29, 1.82) is 0 Å². The summed E-state index contributed by atoms with van der Waals surface area (Å²) < 4.78 is 0. The molecule has 2 aromatic rings. The van der Waals surface area contributed by atoms with Crippen molar-refractivity contribution in [2.24, 2.45) is 0 Å². The Morgan fingerprint density at radius 2 is 1.87 bits per heavy atom. The van der Waals surface area contributed by atoms with Gasteiger partial charge >= 0.3 is 0 Å². The molecule has 1 aromatic carbocycles. The fraction of sp³-hybridized carbons (Fsp3) is 0.0769. The summed E-state index contributed by atoms with van der Waals surface area (Å²) in [6.45, 7) is 2.01. The molecule has 0 aliphatic heterocycles. The number of aryl methyl sites for hydroxylation is 1. The number of hydrogen-bond donors (Lipinski definition) is 0. The van der Waals surface area contributed by atoms with Crippen LogP contribution in [0, 0.1) is 6.92 Å². The molecule has 0 amide bonds. The number of benzene rings is 1. The zero-order valence-corrected chi connectivity index (χ0v) is 8.32. The maximum absolute atomic E-state index is 12.0. The van der Waals surface area contributed by atoms with Crippen LogP contribution in [0.4, 0.5) is 0 Å². The molecule has 1 aliphatic carbocycles. The Morgan fingerprint density at radius 3 is 2.73 bits per heavy atom. The average molecular weight is 195 g/mol. The van der Waals surface area contributed by atoms with Gasteiger partial charge < -0.3 is 0 Å². The quantitative estimate of drug-likeness (QED) is 0.552. The minimum Gasteiger partial charge on any atom is -0.289 e. The molecule has 3 rings (SSSR count). The summed E-state index contributed by atoms with van der Waals surface area (Å²) in [5, 5.41) is 0. The first-order valence-electron chi connectivity index (χ1n) is 4.89. The highest BCUT2D eigenvalue weighted by Gasteiger charge is 2.28. The third-order valence-corrected chi connectivity index (χ3v) is 2.81. The van der Waals surface area contributed by atoms with Gasteiger partial charge in [0, 0.05) is 22.9 Å². The Labute approximate surface area is 87.6 Å². The molecular formula is C13H9NO. The van der Waals surface area contributed by atoms with Crippen molar-refractivity contribution >= 4 is 5.78 Å². The van der Waals surface area contributed by atoms with Gasteiger partial charge in [0.15, 0.2) is 5.78 Å². The van der Waals surface area contributed by atoms with Gasteiger partial charge in [-0.05, 0) is 24.6 Å². The van der Waals surface area contributed by atoms with Gasteiger partial charge in [0.1, 0.15) is 0 Å². The number of hydrogen-bond acceptors (Lipinski definition) is 2. The third-order valence-electron chi connectivity index (χ3n) is 2.81. The molecule has 0 bridgehead atoms. The molecule has 72 valence electrons. The molecule has 1 heterocycles. The highest BCUT2D eigenvalue weighted by atomic mass is 16.1. The van der Waals surface area contributed by atoms with Gasteiger partial charge in [-0.15, -0.1) is 0 Å². The van der Waals surface area contributed by atoms with Crippen molar-refractivity contribution in [3.63, 3.8) is 0 Å². The van der Waals surface area contributed by atoms with E-state index in [1.807, 2.05) is 31.2 Å². The molecule has 0 fully saturated rings. The average Bonchev–Trinajstić information content (AvgIpc) is 2.55. The fourth-order valence-corrected chi connectivity index (χ4v) is 2.10. The minimum absolute atomic E-state index is 0.0943. The van der Waals surface area contributed by atoms with Crippen LogP contribution in [0.15, 0.2) is 36.5 Å². The van der Waals surface area contributed by atoms with E-state index < -0.39 is 0 Å². The lowest BCUT2D eigenvalue weighted by molar-refractivity contribution is 0.104. The van der Waals surface area contributed by atoms with Crippen LogP contribution in [0.5, 0.6) is 0 Å². The molecule has 0 atom stereocenters. The van der Waals surface area contributed by atoms with Crippen LogP contribution in [-0.4, -0.2) is 10.8 Å². The highest BCUT2D eigenvalue weighted by molar-refractivity contribution is 6.21. The minimum atomic E-state index is 0.0943. The second-order valence-corrected chi connectivity index (χ2v) is 3.73. The number of ketones is 1. The summed E-state index contributed by atoms with van der Waals surface area (Å²) in [6.07, 6.45) is 1.73. The van der Waals surface area contributed by atoms with E-state index in [9.17, 15) is 4.79 Å². The predicted octanol–water partition coefficient (Wildman–Crippen LogP) is 2.60. The molecule has 0 saturated carbocycles. The van der Waals surface area contributed by atoms with Gasteiger partial charge in [-0.2, -0.15) is 0 Å². The van der Waals surface area contributed by atoms with Crippen molar-refractivity contribution in [3.05, 3.63) is 53.2 Å². The van der Waals surface area contributed by atoms with Crippen LogP contribution in [0.3, 0.4) is 0 Å². The summed E-state index contributed by atoms with van der Waals surface area (Å²) >= 11 is 0. The SMILES string of the molecule is Cc1cccc2c1-c1ncccc1C2=O. The summed E-state index contributed by atoms with van der Waals surface area (Å²) in [4.78, 5) is 16.3. The molecule has 2 nitrogen and oxygen atoms in total. The summed E-state index contributed by atoms with van der Waals surface area (Å²) in [6, 6.07) is 9.43. The van der Waals surface area contributed by atoms with E-state index in [0.717, 1.165) is 27.9 Å². The fourth-order valence-electron chi connectivity index (χ4n) is 2.10. The maximum Gasteiger partial charge on any atom is 0.195 e. The van der Waals surface area contributed by atoms with Crippen molar-refractivity contribution in [1.82, 2.24) is 4.98 Å². The van der Waals surface area contributed by atoms with E-state index >= 15 is 0 Å². The summed E-state index contributed by atoms with van der Waals surface area (Å²) in [5.41, 5.74) is 4.44. The largest absolute Gasteiger partial charge is 0.289 e. The smallest absolute Gasteiger partial charge is 0.195 e. The zero-order valence-electron chi connectivity index (χ0n) is 8.32. The zero-order chi connectivity index (χ0) is 10.4. The van der Waals surface area contributed by atoms with Crippen molar-refractivity contribution in [2.75, 3.05) is 0 Å². The molecule has 0 radical (unpaired) electrons. The molecule has 15 heavy (non-hydrogen) atoms. The normalized spacial score (nSPS) is 12.5. The topological polar surface area (TPSA) is 30.0 Å². The number of carbonyl (C=O) groups excluding carboxylic acids is 1. The number of fused-ring (bicyclic) bond motifs is 3. The van der Waals surface area contributed by atoms with Crippen LogP contribution >= 0.6 is 0 Å². The standard InChI is InChI=1S/C13H9NO/c1-8-4-2-5-9-11(8)12-10(13(9)15)6-3-7-14-12/h2-7H,1H3. The van der Waals surface area contributed by atoms with Crippen LogP contribution in [0.25, 0.3) is 11.3 Å². The maximum atomic E-state index is 12.0. The Balaban J connectivity index is 2.45. The number of nitrogens with zero attached hydrogens (tertiary/aromatic N) is 1. The number of rotatable bonds is 0. The molecule has 0 unspecified atom stereocenters. The van der Waals surface area contributed by atoms with Crippen molar-refractivity contribution < 1.29 is 4.79 Å². The first kappa shape index (κ1) is 8.36. The van der Waals surface area contributed by atoms with Crippen molar-refractivity contribution in [2.45, 2.75) is 6.92 Å². The summed E-state index contributed by atoms with van der Waals surface area (Å²) in [5.74, 6) is 0.0943.